The van der Waals surface area contributed by atoms with Crippen LogP contribution < -0.4 is 4.72 Å². The highest BCUT2D eigenvalue weighted by Crippen LogP contribution is 2.14. The Labute approximate surface area is 131 Å². The van der Waals surface area contributed by atoms with Gasteiger partial charge in [-0.15, -0.1) is 0 Å². The zero-order chi connectivity index (χ0) is 16.2. The molecule has 1 heterocycles. The summed E-state index contributed by atoms with van der Waals surface area (Å²) in [6.45, 7) is 5.63. The van der Waals surface area contributed by atoms with E-state index in [1.54, 1.807) is 23.1 Å². The van der Waals surface area contributed by atoms with Crippen LogP contribution in [0.3, 0.4) is 0 Å². The van der Waals surface area contributed by atoms with Gasteiger partial charge in [0.15, 0.2) is 0 Å². The number of sulfonamides is 1. The van der Waals surface area contributed by atoms with E-state index in [9.17, 15) is 13.2 Å². The molecular weight excluding hydrogens is 304 g/mol. The second kappa shape index (κ2) is 7.21. The molecule has 0 spiro atoms. The smallest absolute Gasteiger partial charge is 0.241 e. The Bertz CT molecular complexity index is 595. The van der Waals surface area contributed by atoms with Gasteiger partial charge in [-0.25, -0.2) is 8.42 Å². The van der Waals surface area contributed by atoms with Gasteiger partial charge < -0.3 is 9.64 Å². The topological polar surface area (TPSA) is 75.7 Å². The SMILES string of the molecule is CC(C)[C@H](NS(=O)(=O)c1ccccc1)C(=O)N1CCOCC1. The Hall–Kier alpha value is -1.44. The maximum atomic E-state index is 12.6. The van der Waals surface area contributed by atoms with Crippen molar-refractivity contribution in [1.29, 1.82) is 0 Å². The van der Waals surface area contributed by atoms with E-state index < -0.39 is 16.1 Å². The van der Waals surface area contributed by atoms with E-state index in [4.69, 9.17) is 4.74 Å². The molecule has 0 saturated carbocycles. The monoisotopic (exact) mass is 326 g/mol. The van der Waals surface area contributed by atoms with Gasteiger partial charge in [0.25, 0.3) is 0 Å². The maximum absolute atomic E-state index is 12.6. The van der Waals surface area contributed by atoms with E-state index in [1.165, 1.54) is 12.1 Å². The molecule has 1 aromatic rings. The summed E-state index contributed by atoms with van der Waals surface area (Å²) in [6.07, 6.45) is 0. The first-order chi connectivity index (χ1) is 10.4. The van der Waals surface area contributed by atoms with Crippen LogP contribution in [0, 0.1) is 5.92 Å². The summed E-state index contributed by atoms with van der Waals surface area (Å²) in [4.78, 5) is 14.4. The zero-order valence-electron chi connectivity index (χ0n) is 12.9. The fourth-order valence-corrected chi connectivity index (χ4v) is 3.65. The standard InChI is InChI=1S/C15H22N2O4S/c1-12(2)14(15(18)17-8-10-21-11-9-17)16-22(19,20)13-6-4-3-5-7-13/h3-7,12,14,16H,8-11H2,1-2H3/t14-/m0/s1. The molecule has 122 valence electrons. The van der Waals surface area contributed by atoms with Crippen LogP contribution >= 0.6 is 0 Å². The Morgan fingerprint density at radius 3 is 2.32 bits per heavy atom. The van der Waals surface area contributed by atoms with Crippen molar-refractivity contribution in [2.24, 2.45) is 5.92 Å². The van der Waals surface area contributed by atoms with E-state index in [2.05, 4.69) is 4.72 Å². The number of morpholine rings is 1. The molecule has 6 nitrogen and oxygen atoms in total. The average molecular weight is 326 g/mol. The molecule has 1 N–H and O–H groups in total. The fraction of sp³-hybridized carbons (Fsp3) is 0.533. The minimum Gasteiger partial charge on any atom is -0.378 e. The molecule has 22 heavy (non-hydrogen) atoms. The van der Waals surface area contributed by atoms with Crippen LogP contribution in [0.2, 0.25) is 0 Å². The molecule has 1 atom stereocenters. The van der Waals surface area contributed by atoms with Gasteiger partial charge in [0.05, 0.1) is 18.1 Å². The van der Waals surface area contributed by atoms with Crippen molar-refractivity contribution in [3.63, 3.8) is 0 Å². The third-order valence-electron chi connectivity index (χ3n) is 3.59. The van der Waals surface area contributed by atoms with Crippen molar-refractivity contribution < 1.29 is 17.9 Å². The molecule has 0 bridgehead atoms. The number of rotatable bonds is 5. The van der Waals surface area contributed by atoms with Gasteiger partial charge in [0.2, 0.25) is 15.9 Å². The Balaban J connectivity index is 2.16. The molecule has 0 radical (unpaired) electrons. The molecule has 7 heteroatoms. The molecule has 0 unspecified atom stereocenters. The van der Waals surface area contributed by atoms with Crippen LogP contribution in [0.5, 0.6) is 0 Å². The van der Waals surface area contributed by atoms with Crippen LogP contribution in [0.25, 0.3) is 0 Å². The van der Waals surface area contributed by atoms with E-state index >= 15 is 0 Å². The van der Waals surface area contributed by atoms with Gasteiger partial charge >= 0.3 is 0 Å². The third kappa shape index (κ3) is 4.06. The minimum atomic E-state index is -3.72. The van der Waals surface area contributed by atoms with Crippen molar-refractivity contribution in [3.05, 3.63) is 30.3 Å². The quantitative estimate of drug-likeness (QED) is 0.870. The molecule has 1 saturated heterocycles. The summed E-state index contributed by atoms with van der Waals surface area (Å²) >= 11 is 0. The van der Waals surface area contributed by atoms with E-state index in [1.807, 2.05) is 13.8 Å². The highest BCUT2D eigenvalue weighted by Gasteiger charge is 2.32. The molecule has 1 aromatic carbocycles. The van der Waals surface area contributed by atoms with Gasteiger partial charge in [-0.1, -0.05) is 32.0 Å². The van der Waals surface area contributed by atoms with Crippen molar-refractivity contribution in [3.8, 4) is 0 Å². The van der Waals surface area contributed by atoms with Gasteiger partial charge in [0, 0.05) is 13.1 Å². The van der Waals surface area contributed by atoms with Gasteiger partial charge in [0.1, 0.15) is 6.04 Å². The molecule has 1 aliphatic rings. The van der Waals surface area contributed by atoms with Crippen LogP contribution in [0.4, 0.5) is 0 Å². The van der Waals surface area contributed by atoms with Gasteiger partial charge in [-0.2, -0.15) is 4.72 Å². The average Bonchev–Trinajstić information content (AvgIpc) is 2.53. The zero-order valence-corrected chi connectivity index (χ0v) is 13.7. The lowest BCUT2D eigenvalue weighted by atomic mass is 10.0. The molecule has 0 aromatic heterocycles. The second-order valence-corrected chi connectivity index (χ2v) is 7.31. The van der Waals surface area contributed by atoms with E-state index in [-0.39, 0.29) is 16.7 Å². The molecule has 1 amide bonds. The number of carbonyl (C=O) groups excluding carboxylic acids is 1. The van der Waals surface area contributed by atoms with Crippen molar-refractivity contribution in [2.45, 2.75) is 24.8 Å². The predicted octanol–water partition coefficient (Wildman–Crippen LogP) is 0.848. The lowest BCUT2D eigenvalue weighted by Gasteiger charge is -2.32. The largest absolute Gasteiger partial charge is 0.378 e. The summed E-state index contributed by atoms with van der Waals surface area (Å²) in [5.41, 5.74) is 0. The van der Waals surface area contributed by atoms with Crippen molar-refractivity contribution >= 4 is 15.9 Å². The highest BCUT2D eigenvalue weighted by molar-refractivity contribution is 7.89. The lowest BCUT2D eigenvalue weighted by molar-refractivity contribution is -0.138. The summed E-state index contributed by atoms with van der Waals surface area (Å²) in [5.74, 6) is -0.341. The van der Waals surface area contributed by atoms with Crippen molar-refractivity contribution in [2.75, 3.05) is 26.3 Å². The Morgan fingerprint density at radius 1 is 1.18 bits per heavy atom. The first-order valence-corrected chi connectivity index (χ1v) is 8.84. The predicted molar refractivity (Wildman–Crippen MR) is 82.8 cm³/mol. The number of hydrogen-bond donors (Lipinski definition) is 1. The van der Waals surface area contributed by atoms with Gasteiger partial charge in [-0.05, 0) is 18.1 Å². The fourth-order valence-electron chi connectivity index (χ4n) is 2.29. The highest BCUT2D eigenvalue weighted by atomic mass is 32.2. The normalized spacial score (nSPS) is 17.5. The Morgan fingerprint density at radius 2 is 1.77 bits per heavy atom. The number of hydrogen-bond acceptors (Lipinski definition) is 4. The maximum Gasteiger partial charge on any atom is 0.241 e. The van der Waals surface area contributed by atoms with E-state index in [0.717, 1.165) is 0 Å². The van der Waals surface area contributed by atoms with E-state index in [0.29, 0.717) is 26.3 Å². The molecular formula is C15H22N2O4S. The number of carbonyl (C=O) groups is 1. The van der Waals surface area contributed by atoms with Crippen molar-refractivity contribution in [1.82, 2.24) is 9.62 Å². The number of nitrogens with one attached hydrogen (secondary N) is 1. The number of amides is 1. The van der Waals surface area contributed by atoms with Crippen LogP contribution in [0.15, 0.2) is 35.2 Å². The summed E-state index contributed by atoms with van der Waals surface area (Å²) < 4.78 is 32.6. The van der Waals surface area contributed by atoms with Crippen LogP contribution in [-0.4, -0.2) is 51.6 Å². The minimum absolute atomic E-state index is 0.145. The lowest BCUT2D eigenvalue weighted by Crippen LogP contribution is -2.53. The molecule has 1 aliphatic heterocycles. The van der Waals surface area contributed by atoms with Crippen LogP contribution in [0.1, 0.15) is 13.8 Å². The summed E-state index contributed by atoms with van der Waals surface area (Å²) in [7, 11) is -3.72. The second-order valence-electron chi connectivity index (χ2n) is 5.59. The van der Waals surface area contributed by atoms with Gasteiger partial charge in [-0.3, -0.25) is 4.79 Å². The number of ether oxygens (including phenoxy) is 1. The molecule has 1 fully saturated rings. The first-order valence-electron chi connectivity index (χ1n) is 7.36. The molecule has 2 rings (SSSR count). The summed E-state index contributed by atoms with van der Waals surface area (Å²) in [5, 5.41) is 0. The molecule has 0 aliphatic carbocycles. The number of nitrogens with zero attached hydrogens (tertiary/aromatic N) is 1. The number of benzene rings is 1. The first kappa shape index (κ1) is 16.9. The van der Waals surface area contributed by atoms with Crippen LogP contribution in [-0.2, 0) is 19.6 Å². The summed E-state index contributed by atoms with van der Waals surface area (Å²) in [6, 6.07) is 7.31. The Kier molecular flexibility index (Phi) is 5.55. The third-order valence-corrected chi connectivity index (χ3v) is 5.05.